The minimum absolute atomic E-state index is 0.100. The lowest BCUT2D eigenvalue weighted by Gasteiger charge is -2.07. The number of nitrogens with one attached hydrogen (secondary N) is 1. The maximum Gasteiger partial charge on any atom is 0.387 e. The molecule has 0 saturated carbocycles. The van der Waals surface area contributed by atoms with E-state index in [2.05, 4.69) is 14.7 Å². The van der Waals surface area contributed by atoms with Gasteiger partial charge in [-0.25, -0.2) is 4.98 Å². The van der Waals surface area contributed by atoms with E-state index in [1.807, 2.05) is 6.07 Å². The number of fused-ring (bicyclic) bond motifs is 1. The van der Waals surface area contributed by atoms with Crippen molar-refractivity contribution in [3.05, 3.63) is 47.4 Å². The minimum atomic E-state index is -2.84. The van der Waals surface area contributed by atoms with E-state index in [9.17, 15) is 8.78 Å². The standard InChI is InChI=1S/C13H9F2N3OS/c14-12(15)19-9-5-3-8(4-6-9)18-11-10(17-13(18)20)2-1-7-16-11/h1-7,12H,(H,17,20). The number of benzene rings is 1. The van der Waals surface area contributed by atoms with E-state index in [0.29, 0.717) is 10.4 Å². The van der Waals surface area contributed by atoms with Gasteiger partial charge in [-0.05, 0) is 48.6 Å². The molecule has 2 aromatic heterocycles. The number of hydrogen-bond donors (Lipinski definition) is 1. The summed E-state index contributed by atoms with van der Waals surface area (Å²) < 4.78 is 30.7. The summed E-state index contributed by atoms with van der Waals surface area (Å²) in [4.78, 5) is 7.30. The van der Waals surface area contributed by atoms with Crippen molar-refractivity contribution in [3.8, 4) is 11.4 Å². The third kappa shape index (κ3) is 2.27. The molecule has 20 heavy (non-hydrogen) atoms. The Hall–Kier alpha value is -2.28. The summed E-state index contributed by atoms with van der Waals surface area (Å²) in [6.07, 6.45) is 1.66. The van der Waals surface area contributed by atoms with Crippen LogP contribution >= 0.6 is 12.2 Å². The van der Waals surface area contributed by atoms with E-state index in [1.165, 1.54) is 12.1 Å². The van der Waals surface area contributed by atoms with Gasteiger partial charge < -0.3 is 9.72 Å². The molecule has 102 valence electrons. The van der Waals surface area contributed by atoms with Crippen LogP contribution in [0.3, 0.4) is 0 Å². The van der Waals surface area contributed by atoms with Gasteiger partial charge in [0.25, 0.3) is 0 Å². The molecule has 0 bridgehead atoms. The molecule has 4 nitrogen and oxygen atoms in total. The molecule has 3 rings (SSSR count). The van der Waals surface area contributed by atoms with Crippen molar-refractivity contribution in [3.63, 3.8) is 0 Å². The van der Waals surface area contributed by atoms with Crippen LogP contribution in [0, 0.1) is 4.77 Å². The molecule has 3 aromatic rings. The Labute approximate surface area is 117 Å². The summed E-state index contributed by atoms with van der Waals surface area (Å²) in [5.74, 6) is 0.100. The number of ether oxygens (including phenoxy) is 1. The monoisotopic (exact) mass is 293 g/mol. The molecule has 1 aromatic carbocycles. The first-order valence-electron chi connectivity index (χ1n) is 5.76. The molecule has 7 heteroatoms. The van der Waals surface area contributed by atoms with Gasteiger partial charge in [0.2, 0.25) is 0 Å². The van der Waals surface area contributed by atoms with E-state index in [1.54, 1.807) is 29.0 Å². The highest BCUT2D eigenvalue weighted by atomic mass is 32.1. The Kier molecular flexibility index (Phi) is 3.19. The summed E-state index contributed by atoms with van der Waals surface area (Å²) >= 11 is 5.25. The summed E-state index contributed by atoms with van der Waals surface area (Å²) in [6.45, 7) is -2.84. The second kappa shape index (κ2) is 5.01. The fourth-order valence-electron chi connectivity index (χ4n) is 1.96. The summed E-state index contributed by atoms with van der Waals surface area (Å²) in [7, 11) is 0. The fourth-order valence-corrected chi connectivity index (χ4v) is 2.26. The zero-order chi connectivity index (χ0) is 14.1. The van der Waals surface area contributed by atoms with Crippen LogP contribution in [0.25, 0.3) is 16.9 Å². The number of nitrogens with zero attached hydrogens (tertiary/aromatic N) is 2. The lowest BCUT2D eigenvalue weighted by molar-refractivity contribution is -0.0498. The van der Waals surface area contributed by atoms with Gasteiger partial charge in [0.15, 0.2) is 10.4 Å². The average Bonchev–Trinajstić information content (AvgIpc) is 2.75. The number of imidazole rings is 1. The largest absolute Gasteiger partial charge is 0.435 e. The quantitative estimate of drug-likeness (QED) is 0.749. The lowest BCUT2D eigenvalue weighted by Crippen LogP contribution is -2.02. The van der Waals surface area contributed by atoms with E-state index in [-0.39, 0.29) is 5.75 Å². The Morgan fingerprint density at radius 2 is 1.95 bits per heavy atom. The van der Waals surface area contributed by atoms with Gasteiger partial charge in [-0.1, -0.05) is 0 Å². The Morgan fingerprint density at radius 1 is 1.20 bits per heavy atom. The molecule has 0 unspecified atom stereocenters. The van der Waals surface area contributed by atoms with Crippen LogP contribution in [0.15, 0.2) is 42.6 Å². The normalized spacial score (nSPS) is 11.2. The van der Waals surface area contributed by atoms with Gasteiger partial charge in [-0.3, -0.25) is 4.57 Å². The van der Waals surface area contributed by atoms with Gasteiger partial charge in [-0.15, -0.1) is 0 Å². The molecule has 0 radical (unpaired) electrons. The number of aromatic nitrogens is 3. The number of pyridine rings is 1. The third-order valence-corrected chi connectivity index (χ3v) is 3.05. The number of aromatic amines is 1. The molecule has 0 amide bonds. The number of hydrogen-bond acceptors (Lipinski definition) is 3. The highest BCUT2D eigenvalue weighted by molar-refractivity contribution is 7.71. The first-order chi connectivity index (χ1) is 9.65. The average molecular weight is 293 g/mol. The summed E-state index contributed by atoms with van der Waals surface area (Å²) in [5.41, 5.74) is 2.21. The van der Waals surface area contributed by atoms with Crippen LogP contribution in [0.4, 0.5) is 8.78 Å². The molecule has 0 aliphatic rings. The summed E-state index contributed by atoms with van der Waals surface area (Å²) in [6, 6.07) is 9.89. The molecular formula is C13H9F2N3OS. The Bertz CT molecular complexity index is 795. The van der Waals surface area contributed by atoms with Crippen LogP contribution < -0.4 is 4.74 Å². The van der Waals surface area contributed by atoms with Crippen LogP contribution in [-0.4, -0.2) is 21.1 Å². The van der Waals surface area contributed by atoms with E-state index in [4.69, 9.17) is 12.2 Å². The minimum Gasteiger partial charge on any atom is -0.435 e. The number of rotatable bonds is 3. The molecule has 0 spiro atoms. The number of halogens is 2. The van der Waals surface area contributed by atoms with E-state index >= 15 is 0 Å². The highest BCUT2D eigenvalue weighted by Gasteiger charge is 2.08. The second-order valence-electron chi connectivity index (χ2n) is 4.01. The van der Waals surface area contributed by atoms with Crippen molar-refractivity contribution in [2.24, 2.45) is 0 Å². The third-order valence-electron chi connectivity index (χ3n) is 2.76. The molecule has 0 aliphatic heterocycles. The maximum absolute atomic E-state index is 12.1. The maximum atomic E-state index is 12.1. The first-order valence-corrected chi connectivity index (χ1v) is 6.17. The molecule has 0 atom stereocenters. The molecule has 0 saturated heterocycles. The Morgan fingerprint density at radius 3 is 2.65 bits per heavy atom. The molecule has 1 N–H and O–H groups in total. The predicted molar refractivity (Wildman–Crippen MR) is 72.9 cm³/mol. The second-order valence-corrected chi connectivity index (χ2v) is 4.40. The molecule has 2 heterocycles. The van der Waals surface area contributed by atoms with Crippen LogP contribution in [0.1, 0.15) is 0 Å². The fraction of sp³-hybridized carbons (Fsp3) is 0.0769. The zero-order valence-electron chi connectivity index (χ0n) is 10.1. The van der Waals surface area contributed by atoms with Gasteiger partial charge in [-0.2, -0.15) is 8.78 Å². The van der Waals surface area contributed by atoms with Crippen molar-refractivity contribution in [2.45, 2.75) is 6.61 Å². The molecule has 0 fully saturated rings. The number of H-pyrrole nitrogens is 1. The Balaban J connectivity index is 2.07. The smallest absolute Gasteiger partial charge is 0.387 e. The SMILES string of the molecule is FC(F)Oc1ccc(-n2c(=S)[nH]c3cccnc32)cc1. The molecule has 0 aliphatic carbocycles. The van der Waals surface area contributed by atoms with E-state index < -0.39 is 6.61 Å². The van der Waals surface area contributed by atoms with Gasteiger partial charge in [0.1, 0.15) is 5.75 Å². The van der Waals surface area contributed by atoms with Crippen molar-refractivity contribution >= 4 is 23.4 Å². The molecular weight excluding hydrogens is 284 g/mol. The van der Waals surface area contributed by atoms with Gasteiger partial charge in [0, 0.05) is 6.20 Å². The van der Waals surface area contributed by atoms with Gasteiger partial charge >= 0.3 is 6.61 Å². The van der Waals surface area contributed by atoms with Crippen molar-refractivity contribution in [1.82, 2.24) is 14.5 Å². The van der Waals surface area contributed by atoms with Gasteiger partial charge in [0.05, 0.1) is 11.2 Å². The predicted octanol–water partition coefficient (Wildman–Crippen LogP) is 3.68. The van der Waals surface area contributed by atoms with Crippen molar-refractivity contribution < 1.29 is 13.5 Å². The van der Waals surface area contributed by atoms with Crippen molar-refractivity contribution in [1.29, 1.82) is 0 Å². The van der Waals surface area contributed by atoms with Crippen molar-refractivity contribution in [2.75, 3.05) is 0 Å². The summed E-state index contributed by atoms with van der Waals surface area (Å²) in [5, 5.41) is 0. The van der Waals surface area contributed by atoms with Crippen LogP contribution in [0.5, 0.6) is 5.75 Å². The topological polar surface area (TPSA) is 42.8 Å². The van der Waals surface area contributed by atoms with Crippen LogP contribution in [-0.2, 0) is 0 Å². The van der Waals surface area contributed by atoms with Crippen LogP contribution in [0.2, 0.25) is 0 Å². The highest BCUT2D eigenvalue weighted by Crippen LogP contribution is 2.21. The van der Waals surface area contributed by atoms with E-state index in [0.717, 1.165) is 11.2 Å². The number of alkyl halides is 2. The lowest BCUT2D eigenvalue weighted by atomic mass is 10.3. The first kappa shape index (κ1) is 12.7. The zero-order valence-corrected chi connectivity index (χ0v) is 10.9.